The second-order valence-corrected chi connectivity index (χ2v) is 6.00. The minimum atomic E-state index is -3.96. The molecule has 1 fully saturated rings. The molecule has 1 aliphatic heterocycles. The molecule has 0 spiro atoms. The fourth-order valence-electron chi connectivity index (χ4n) is 2.12. The van der Waals surface area contributed by atoms with Gasteiger partial charge in [-0.1, -0.05) is 6.07 Å². The number of phenolic OH excluding ortho intramolecular Hbond substituents is 2. The Balaban J connectivity index is 0.00000161. The van der Waals surface area contributed by atoms with Crippen LogP contribution in [0.2, 0.25) is 0 Å². The fraction of sp³-hybridized carbons (Fsp3) is 0.0833. The Morgan fingerprint density at radius 2 is 1.81 bits per heavy atom. The van der Waals surface area contributed by atoms with Crippen LogP contribution in [0.25, 0.3) is 10.8 Å². The van der Waals surface area contributed by atoms with Crippen molar-refractivity contribution in [2.45, 2.75) is 0 Å². The van der Waals surface area contributed by atoms with Crippen molar-refractivity contribution in [3.63, 3.8) is 0 Å². The van der Waals surface area contributed by atoms with E-state index in [1.165, 1.54) is 24.3 Å². The Kier molecular flexibility index (Phi) is 4.52. The Labute approximate surface area is 163 Å². The van der Waals surface area contributed by atoms with E-state index in [1.54, 1.807) is 6.07 Å². The van der Waals surface area contributed by atoms with Gasteiger partial charge in [-0.2, -0.15) is 8.42 Å². The van der Waals surface area contributed by atoms with Crippen molar-refractivity contribution in [1.82, 2.24) is 4.72 Å². The molecule has 0 atom stereocenters. The van der Waals surface area contributed by atoms with Crippen molar-refractivity contribution in [3.05, 3.63) is 30.3 Å². The molecule has 0 unspecified atom stereocenters. The van der Waals surface area contributed by atoms with E-state index in [-0.39, 0.29) is 75.1 Å². The summed E-state index contributed by atoms with van der Waals surface area (Å²) in [5, 5.41) is 20.5. The summed E-state index contributed by atoms with van der Waals surface area (Å²) < 4.78 is 26.2. The first-order valence-corrected chi connectivity index (χ1v) is 7.10. The molecule has 2 aromatic rings. The predicted molar refractivity (Wildman–Crippen MR) is 78.8 cm³/mol. The van der Waals surface area contributed by atoms with Gasteiger partial charge in [0.1, 0.15) is 18.0 Å². The van der Waals surface area contributed by atoms with Gasteiger partial charge in [-0.3, -0.25) is 4.79 Å². The summed E-state index contributed by atoms with van der Waals surface area (Å²) in [6, 6.07) is 7.27. The number of aromatic hydroxyl groups is 2. The number of hydrogen-bond donors (Lipinski definition) is 3. The summed E-state index contributed by atoms with van der Waals surface area (Å²) in [5.41, 5.74) is 0.0153. The monoisotopic (exact) mass is 334 g/mol. The van der Waals surface area contributed by atoms with Gasteiger partial charge in [0, 0.05) is 0 Å². The van der Waals surface area contributed by atoms with Crippen molar-refractivity contribution in [2.24, 2.45) is 0 Å². The maximum absolute atomic E-state index is 11.8. The summed E-state index contributed by atoms with van der Waals surface area (Å²) in [5.74, 6) is -0.909. The Bertz CT molecular complexity index is 837. The van der Waals surface area contributed by atoms with Crippen LogP contribution in [0.5, 0.6) is 11.5 Å². The number of carbonyl (C=O) groups is 1. The first-order valence-electron chi connectivity index (χ1n) is 5.66. The number of phenols is 2. The van der Waals surface area contributed by atoms with Gasteiger partial charge in [0.2, 0.25) is 0 Å². The van der Waals surface area contributed by atoms with E-state index in [9.17, 15) is 23.4 Å². The third-order valence-electron chi connectivity index (χ3n) is 3.01. The summed E-state index contributed by atoms with van der Waals surface area (Å²) in [6.45, 7) is -0.376. The molecule has 2 aromatic carbocycles. The first-order chi connectivity index (χ1) is 9.37. The summed E-state index contributed by atoms with van der Waals surface area (Å²) >= 11 is 0. The number of amides is 1. The molecular weight excluding hydrogens is 323 g/mol. The molecule has 9 heteroatoms. The van der Waals surface area contributed by atoms with E-state index in [2.05, 4.69) is 0 Å². The molecule has 0 radical (unpaired) electrons. The predicted octanol–water partition coefficient (Wildman–Crippen LogP) is -0.217. The van der Waals surface area contributed by atoms with Crippen LogP contribution in [0.1, 0.15) is 0 Å². The van der Waals surface area contributed by atoms with Crippen LogP contribution in [0, 0.1) is 0 Å². The molecule has 0 aromatic heterocycles. The zero-order chi connectivity index (χ0) is 14.5. The molecule has 0 saturated carbocycles. The molecule has 1 amide bonds. The zero-order valence-electron chi connectivity index (χ0n) is 10.1. The molecule has 0 aliphatic carbocycles. The topological polar surface area (TPSA) is 107 Å². The number of hydrogen-bond acceptors (Lipinski definition) is 5. The van der Waals surface area contributed by atoms with E-state index in [0.29, 0.717) is 10.8 Å². The molecular formula is C12H11KN2O5S. The van der Waals surface area contributed by atoms with Crippen molar-refractivity contribution in [2.75, 3.05) is 10.8 Å². The standard InChI is InChI=1S/C12H10N2O5S.K.H/c15-9-2-1-7-4-10(11(16)5-8(7)3-9)14-6-12(17)13-20(14,18)19;;/h1-5,15-16H,6H2,(H,13,17);;. The zero-order valence-corrected chi connectivity index (χ0v) is 10.9. The number of benzene rings is 2. The van der Waals surface area contributed by atoms with Crippen molar-refractivity contribution < 1.29 is 23.4 Å². The van der Waals surface area contributed by atoms with Crippen molar-refractivity contribution >= 4 is 84.0 Å². The molecule has 1 saturated heterocycles. The van der Waals surface area contributed by atoms with Crippen molar-refractivity contribution in [3.8, 4) is 11.5 Å². The Morgan fingerprint density at radius 3 is 2.43 bits per heavy atom. The third kappa shape index (κ3) is 3.03. The van der Waals surface area contributed by atoms with Crippen molar-refractivity contribution in [1.29, 1.82) is 0 Å². The van der Waals surface area contributed by atoms with Gasteiger partial charge >= 0.3 is 61.6 Å². The average molecular weight is 334 g/mol. The molecule has 0 bridgehead atoms. The van der Waals surface area contributed by atoms with E-state index in [4.69, 9.17) is 0 Å². The van der Waals surface area contributed by atoms with Gasteiger partial charge in [-0.25, -0.2) is 9.03 Å². The minimum absolute atomic E-state index is 0. The summed E-state index contributed by atoms with van der Waals surface area (Å²) in [4.78, 5) is 11.2. The molecule has 7 nitrogen and oxygen atoms in total. The summed E-state index contributed by atoms with van der Waals surface area (Å²) in [7, 11) is -3.96. The van der Waals surface area contributed by atoms with Crippen LogP contribution in [-0.2, 0) is 15.0 Å². The Morgan fingerprint density at radius 1 is 1.10 bits per heavy atom. The maximum atomic E-state index is 11.8. The van der Waals surface area contributed by atoms with E-state index in [0.717, 1.165) is 4.31 Å². The normalized spacial score (nSPS) is 16.6. The van der Waals surface area contributed by atoms with Crippen LogP contribution < -0.4 is 9.03 Å². The van der Waals surface area contributed by atoms with E-state index >= 15 is 0 Å². The van der Waals surface area contributed by atoms with Gasteiger partial charge in [0.15, 0.2) is 0 Å². The van der Waals surface area contributed by atoms with Gasteiger partial charge in [0.25, 0.3) is 5.91 Å². The number of nitrogens with zero attached hydrogens (tertiary/aromatic N) is 1. The molecule has 21 heavy (non-hydrogen) atoms. The van der Waals surface area contributed by atoms with Gasteiger partial charge in [0.05, 0.1) is 5.69 Å². The first kappa shape index (κ1) is 16.5. The molecule has 106 valence electrons. The van der Waals surface area contributed by atoms with Gasteiger partial charge < -0.3 is 10.2 Å². The molecule has 3 N–H and O–H groups in total. The van der Waals surface area contributed by atoms with Crippen LogP contribution in [-0.4, -0.2) is 82.5 Å². The summed E-state index contributed by atoms with van der Waals surface area (Å²) in [6.07, 6.45) is 0. The van der Waals surface area contributed by atoms with Gasteiger partial charge in [-0.05, 0) is 35.0 Å². The number of rotatable bonds is 1. The third-order valence-corrected chi connectivity index (χ3v) is 4.40. The van der Waals surface area contributed by atoms with E-state index < -0.39 is 16.1 Å². The number of nitrogens with one attached hydrogen (secondary N) is 1. The second kappa shape index (κ2) is 5.74. The van der Waals surface area contributed by atoms with Crippen LogP contribution >= 0.6 is 0 Å². The Hall–Kier alpha value is -0.844. The van der Waals surface area contributed by atoms with Gasteiger partial charge in [-0.15, -0.1) is 0 Å². The molecule has 1 heterocycles. The quantitative estimate of drug-likeness (QED) is 0.625. The molecule has 3 rings (SSSR count). The SMILES string of the molecule is O=C1CN(c2cc3ccc(O)cc3cc2O)S(=O)(=O)N1.[KH]. The number of carbonyl (C=O) groups excluding carboxylic acids is 1. The molecule has 1 aliphatic rings. The second-order valence-electron chi connectivity index (χ2n) is 4.41. The van der Waals surface area contributed by atoms with Crippen LogP contribution in [0.3, 0.4) is 0 Å². The average Bonchev–Trinajstić information content (AvgIpc) is 2.61. The number of anilines is 1. The van der Waals surface area contributed by atoms with Crippen LogP contribution in [0.15, 0.2) is 30.3 Å². The number of fused-ring (bicyclic) bond motifs is 1. The van der Waals surface area contributed by atoms with Crippen LogP contribution in [0.4, 0.5) is 5.69 Å². The fourth-order valence-corrected chi connectivity index (χ4v) is 3.28. The van der Waals surface area contributed by atoms with E-state index in [1.807, 2.05) is 4.72 Å².